The first-order valence-electron chi connectivity index (χ1n) is 15.2. The van der Waals surface area contributed by atoms with Crippen LogP contribution in [0.4, 0.5) is 0 Å². The minimum absolute atomic E-state index is 0.0104. The van der Waals surface area contributed by atoms with Crippen LogP contribution in [0.3, 0.4) is 0 Å². The molecule has 0 aromatic rings. The highest BCUT2D eigenvalue weighted by molar-refractivity contribution is 5.92. The number of rotatable bonds is 6. The molecule has 0 heterocycles. The van der Waals surface area contributed by atoms with E-state index in [2.05, 4.69) is 45.1 Å². The number of carbonyl (C=O) groups is 4. The summed E-state index contributed by atoms with van der Waals surface area (Å²) in [6.07, 6.45) is 6.42. The normalized spacial score (nSPS) is 48.9. The van der Waals surface area contributed by atoms with Crippen LogP contribution in [0, 0.1) is 50.7 Å². The fourth-order valence-corrected chi connectivity index (χ4v) is 11.1. The van der Waals surface area contributed by atoms with E-state index in [9.17, 15) is 19.2 Å². The number of fused-ring (bicyclic) bond motifs is 2. The van der Waals surface area contributed by atoms with Crippen LogP contribution in [0.1, 0.15) is 93.4 Å². The average molecular weight is 543 g/mol. The minimum atomic E-state index is -0.683. The van der Waals surface area contributed by atoms with Crippen LogP contribution in [0.5, 0.6) is 0 Å². The number of Topliss-reactive ketones (excluding diaryl/α,β-unsaturated/α-hetero) is 1. The lowest BCUT2D eigenvalue weighted by molar-refractivity contribution is -0.172. The second-order valence-corrected chi connectivity index (χ2v) is 15.2. The van der Waals surface area contributed by atoms with E-state index in [4.69, 9.17) is 4.74 Å². The first-order valence-corrected chi connectivity index (χ1v) is 15.2. The zero-order valence-corrected chi connectivity index (χ0v) is 25.6. The van der Waals surface area contributed by atoms with Gasteiger partial charge in [0.05, 0.1) is 0 Å². The van der Waals surface area contributed by atoms with Gasteiger partial charge in [-0.25, -0.2) is 0 Å². The summed E-state index contributed by atoms with van der Waals surface area (Å²) in [6.45, 7) is 14.2. The van der Waals surface area contributed by atoms with Crippen LogP contribution >= 0.6 is 0 Å². The summed E-state index contributed by atoms with van der Waals surface area (Å²) in [7, 11) is 4.14. The predicted octanol–water partition coefficient (Wildman–Crippen LogP) is 4.42. The number of nitrogens with one attached hydrogen (secondary N) is 1. The molecule has 0 radical (unpaired) electrons. The van der Waals surface area contributed by atoms with Crippen molar-refractivity contribution in [3.8, 4) is 0 Å². The van der Waals surface area contributed by atoms with Crippen molar-refractivity contribution in [3.63, 3.8) is 0 Å². The largest absolute Gasteiger partial charge is 0.462 e. The Bertz CT molecular complexity index is 1090. The van der Waals surface area contributed by atoms with Gasteiger partial charge in [-0.3, -0.25) is 14.4 Å². The summed E-state index contributed by atoms with van der Waals surface area (Å²) in [6, 6.07) is -0.0368. The van der Waals surface area contributed by atoms with Gasteiger partial charge < -0.3 is 19.7 Å². The fourth-order valence-electron chi connectivity index (χ4n) is 11.1. The summed E-state index contributed by atoms with van der Waals surface area (Å²) < 4.78 is 6.04. The van der Waals surface area contributed by atoms with Gasteiger partial charge in [-0.15, -0.1) is 0 Å². The number of esters is 1. The van der Waals surface area contributed by atoms with Crippen molar-refractivity contribution in [2.45, 2.75) is 112 Å². The van der Waals surface area contributed by atoms with Crippen molar-refractivity contribution < 1.29 is 23.9 Å². The Morgan fingerprint density at radius 3 is 2.26 bits per heavy atom. The fraction of sp³-hybridized carbons (Fsp3) is 0.875. The van der Waals surface area contributed by atoms with Gasteiger partial charge in [-0.2, -0.15) is 0 Å². The van der Waals surface area contributed by atoms with Crippen molar-refractivity contribution in [2.24, 2.45) is 50.7 Å². The smallest absolute Gasteiger partial charge is 0.302 e. The Morgan fingerprint density at radius 1 is 1.05 bits per heavy atom. The predicted molar refractivity (Wildman–Crippen MR) is 149 cm³/mol. The molecule has 5 rings (SSSR count). The van der Waals surface area contributed by atoms with Gasteiger partial charge in [-0.05, 0) is 87.6 Å². The molecule has 5 fully saturated rings. The Balaban J connectivity index is 1.53. The SMILES string of the molecule is CC(=O)O[C@@H]1C[C@@]2(C)[C@@H]3CC[C@H]4[C@](C)(C=O)[C@@H](NC(=O)C(C)C)CC[C@@]45C[C@@]35C(=O)C[C@]2(C)[C@H]1[C@H](C)N(C)C. The molecule has 0 bridgehead atoms. The number of nitrogens with zero attached hydrogens (tertiary/aromatic N) is 1. The molecule has 0 aromatic heterocycles. The van der Waals surface area contributed by atoms with Gasteiger partial charge in [0.25, 0.3) is 0 Å². The molecule has 0 unspecified atom stereocenters. The Morgan fingerprint density at radius 2 is 1.69 bits per heavy atom. The molecule has 7 heteroatoms. The molecule has 0 aliphatic heterocycles. The molecule has 0 saturated heterocycles. The van der Waals surface area contributed by atoms with Gasteiger partial charge in [0.1, 0.15) is 18.2 Å². The Hall–Kier alpha value is -1.76. The highest BCUT2D eigenvalue weighted by atomic mass is 16.5. The highest BCUT2D eigenvalue weighted by Crippen LogP contribution is 2.87. The summed E-state index contributed by atoms with van der Waals surface area (Å²) in [5.74, 6) is 0.336. The van der Waals surface area contributed by atoms with Gasteiger partial charge in [-0.1, -0.05) is 34.6 Å². The highest BCUT2D eigenvalue weighted by Gasteiger charge is 2.86. The second-order valence-electron chi connectivity index (χ2n) is 15.2. The Kier molecular flexibility index (Phi) is 6.54. The zero-order valence-electron chi connectivity index (χ0n) is 25.6. The van der Waals surface area contributed by atoms with E-state index < -0.39 is 10.8 Å². The average Bonchev–Trinajstić information content (AvgIpc) is 3.48. The van der Waals surface area contributed by atoms with Crippen LogP contribution in [0.25, 0.3) is 0 Å². The molecule has 0 aromatic carbocycles. The van der Waals surface area contributed by atoms with E-state index in [0.29, 0.717) is 12.2 Å². The monoisotopic (exact) mass is 542 g/mol. The number of amides is 1. The third kappa shape index (κ3) is 3.50. The topological polar surface area (TPSA) is 92.8 Å². The van der Waals surface area contributed by atoms with Gasteiger partial charge >= 0.3 is 5.97 Å². The van der Waals surface area contributed by atoms with Crippen molar-refractivity contribution >= 4 is 23.9 Å². The van der Waals surface area contributed by atoms with E-state index in [1.807, 2.05) is 20.8 Å². The lowest BCUT2D eigenvalue weighted by Crippen LogP contribution is -2.63. The number of aldehydes is 1. The lowest BCUT2D eigenvalue weighted by atomic mass is 9.41. The Labute approximate surface area is 234 Å². The number of ether oxygens (including phenoxy) is 1. The van der Waals surface area contributed by atoms with Crippen LogP contribution in [-0.2, 0) is 23.9 Å². The maximum Gasteiger partial charge on any atom is 0.302 e. The molecule has 5 saturated carbocycles. The second kappa shape index (κ2) is 8.87. The summed E-state index contributed by atoms with van der Waals surface area (Å²) in [5, 5.41) is 3.20. The number of hydrogen-bond acceptors (Lipinski definition) is 6. The minimum Gasteiger partial charge on any atom is -0.462 e. The van der Waals surface area contributed by atoms with Crippen LogP contribution in [0.2, 0.25) is 0 Å². The van der Waals surface area contributed by atoms with Gasteiger partial charge in [0.15, 0.2) is 0 Å². The first-order chi connectivity index (χ1) is 18.1. The van der Waals surface area contributed by atoms with Gasteiger partial charge in [0.2, 0.25) is 5.91 Å². The van der Waals surface area contributed by atoms with Crippen molar-refractivity contribution in [1.82, 2.24) is 10.2 Å². The van der Waals surface area contributed by atoms with Crippen molar-refractivity contribution in [2.75, 3.05) is 14.1 Å². The van der Waals surface area contributed by atoms with Crippen molar-refractivity contribution in [1.29, 1.82) is 0 Å². The molecule has 1 N–H and O–H groups in total. The van der Waals surface area contributed by atoms with Crippen LogP contribution in [-0.4, -0.2) is 61.1 Å². The molecule has 2 spiro atoms. The van der Waals surface area contributed by atoms with Crippen molar-refractivity contribution in [3.05, 3.63) is 0 Å². The third-order valence-electron chi connectivity index (χ3n) is 13.4. The zero-order chi connectivity index (χ0) is 28.9. The lowest BCUT2D eigenvalue weighted by Gasteiger charge is -2.62. The number of ketones is 1. The molecular weight excluding hydrogens is 492 g/mol. The van der Waals surface area contributed by atoms with E-state index in [1.165, 1.54) is 6.92 Å². The first kappa shape index (κ1) is 28.8. The molecule has 39 heavy (non-hydrogen) atoms. The maximum atomic E-state index is 14.6. The quantitative estimate of drug-likeness (QED) is 0.395. The third-order valence-corrected chi connectivity index (χ3v) is 13.4. The van der Waals surface area contributed by atoms with Gasteiger partial charge in [0, 0.05) is 48.1 Å². The molecule has 1 amide bonds. The molecule has 5 aliphatic carbocycles. The number of hydrogen-bond donors (Lipinski definition) is 1. The van der Waals surface area contributed by atoms with E-state index in [1.54, 1.807) is 0 Å². The van der Waals surface area contributed by atoms with E-state index in [0.717, 1.165) is 44.8 Å². The van der Waals surface area contributed by atoms with E-state index >= 15 is 0 Å². The van der Waals surface area contributed by atoms with Crippen LogP contribution < -0.4 is 5.32 Å². The molecule has 5 aliphatic rings. The summed E-state index contributed by atoms with van der Waals surface area (Å²) in [5.41, 5.74) is -1.69. The molecule has 218 valence electrons. The van der Waals surface area contributed by atoms with Crippen LogP contribution in [0.15, 0.2) is 0 Å². The molecular formula is C32H50N2O5. The molecule has 11 atom stereocenters. The standard InChI is InChI=1S/C32H50N2O5/c1-18(2)27(38)33-24-12-13-31-16-32(31)23(11-10-22(31)28(24,5)17-35)29(6)14-21(39-20(4)36)26(19(3)34(8)9)30(29,7)15-25(32)37/h17-19,21-24,26H,10-16H2,1-9H3,(H,33,38)/t19-,21+,22-,23-,24-,26-,28-,29-,30+,31+,32-/m0/s1. The summed E-state index contributed by atoms with van der Waals surface area (Å²) >= 11 is 0. The van der Waals surface area contributed by atoms with E-state index in [-0.39, 0.29) is 70.0 Å². The molecule has 7 nitrogen and oxygen atoms in total. The maximum absolute atomic E-state index is 14.6. The number of carbonyl (C=O) groups excluding carboxylic acids is 4. The summed E-state index contributed by atoms with van der Waals surface area (Å²) in [4.78, 5) is 54.5.